The zero-order chi connectivity index (χ0) is 12.8. The van der Waals surface area contributed by atoms with Gasteiger partial charge in [0.15, 0.2) is 0 Å². The summed E-state index contributed by atoms with van der Waals surface area (Å²) in [5.74, 6) is 7.41. The molecule has 0 saturated carbocycles. The molecule has 0 aliphatic heterocycles. The number of rotatable bonds is 1. The Morgan fingerprint density at radius 3 is 1.89 bits per heavy atom. The summed E-state index contributed by atoms with van der Waals surface area (Å²) in [6.45, 7) is 0. The van der Waals surface area contributed by atoms with E-state index in [2.05, 4.69) is 71.9 Å². The molecule has 1 heteroatoms. The molecule has 0 heterocycles. The van der Waals surface area contributed by atoms with E-state index in [9.17, 15) is 0 Å². The van der Waals surface area contributed by atoms with Gasteiger partial charge in [0.1, 0.15) is 0 Å². The fourth-order valence-electron chi connectivity index (χ4n) is 2.67. The molecule has 0 aliphatic rings. The molecule has 0 nitrogen and oxygen atoms in total. The summed E-state index contributed by atoms with van der Waals surface area (Å²) in [5, 5.41) is 5.63. The normalized spacial score (nSPS) is 12.2. The molecule has 90 valence electrons. The van der Waals surface area contributed by atoms with E-state index in [1.54, 1.807) is 4.40 Å². The van der Waals surface area contributed by atoms with Crippen molar-refractivity contribution in [1.82, 2.24) is 0 Å². The molecule has 0 N–H and O–H groups in total. The van der Waals surface area contributed by atoms with Crippen LogP contribution in [0.1, 0.15) is 0 Å². The summed E-state index contributed by atoms with van der Waals surface area (Å²) >= 11 is -1.83. The van der Waals surface area contributed by atoms with Crippen LogP contribution in [0.25, 0.3) is 21.5 Å². The molecular weight excluding hydrogens is 277 g/mol. The van der Waals surface area contributed by atoms with E-state index >= 15 is 0 Å². The number of hydrogen-bond acceptors (Lipinski definition) is 0. The molecule has 0 atom stereocenters. The average molecular weight is 295 g/mol. The SMILES string of the molecule is [CH3][Ge]([CH3])([CH3])[c]1cc2ccccc2c2ccccc12. The Morgan fingerprint density at radius 1 is 0.667 bits per heavy atom. The van der Waals surface area contributed by atoms with Crippen LogP contribution in [-0.4, -0.2) is 13.3 Å². The molecule has 18 heavy (non-hydrogen) atoms. The number of fused-ring (bicyclic) bond motifs is 3. The molecular formula is C17H18Ge. The van der Waals surface area contributed by atoms with Crippen molar-refractivity contribution < 1.29 is 0 Å². The molecule has 0 aliphatic carbocycles. The van der Waals surface area contributed by atoms with Gasteiger partial charge in [-0.3, -0.25) is 0 Å². The second kappa shape index (κ2) is 4.13. The van der Waals surface area contributed by atoms with Gasteiger partial charge in [-0.2, -0.15) is 0 Å². The van der Waals surface area contributed by atoms with E-state index in [0.29, 0.717) is 0 Å². The Balaban J connectivity index is 2.55. The molecule has 3 aromatic carbocycles. The third-order valence-electron chi connectivity index (χ3n) is 3.58. The van der Waals surface area contributed by atoms with Crippen LogP contribution < -0.4 is 4.40 Å². The Kier molecular flexibility index (Phi) is 2.71. The Hall–Kier alpha value is -1.28. The van der Waals surface area contributed by atoms with Gasteiger partial charge in [0.05, 0.1) is 0 Å². The van der Waals surface area contributed by atoms with Crippen molar-refractivity contribution in [1.29, 1.82) is 0 Å². The first-order valence-corrected chi connectivity index (χ1v) is 13.8. The molecule has 0 unspecified atom stereocenters. The Bertz CT molecular complexity index is 720. The zero-order valence-corrected chi connectivity index (χ0v) is 13.3. The molecule has 0 aromatic heterocycles. The van der Waals surface area contributed by atoms with Crippen LogP contribution in [0.3, 0.4) is 0 Å². The molecule has 3 rings (SSSR count). The summed E-state index contributed by atoms with van der Waals surface area (Å²) in [5.41, 5.74) is 0. The molecule has 0 amide bonds. The average Bonchev–Trinajstić information content (AvgIpc) is 2.37. The van der Waals surface area contributed by atoms with Crippen molar-refractivity contribution >= 4 is 39.2 Å². The van der Waals surface area contributed by atoms with Crippen molar-refractivity contribution in [3.05, 3.63) is 54.6 Å². The van der Waals surface area contributed by atoms with Crippen molar-refractivity contribution in [2.24, 2.45) is 0 Å². The van der Waals surface area contributed by atoms with E-state index in [1.807, 2.05) is 0 Å². The fraction of sp³-hybridized carbons (Fsp3) is 0.176. The van der Waals surface area contributed by atoms with Crippen LogP contribution in [0.4, 0.5) is 0 Å². The van der Waals surface area contributed by atoms with E-state index in [0.717, 1.165) is 0 Å². The standard InChI is InChI=1S/C17H18Ge/c1-18(2,3)17-12-13-8-4-5-9-14(13)15-10-6-7-11-16(15)17/h4-12H,1-3H3. The summed E-state index contributed by atoms with van der Waals surface area (Å²) < 4.78 is 1.62. The predicted molar refractivity (Wildman–Crippen MR) is 84.4 cm³/mol. The fourth-order valence-corrected chi connectivity index (χ4v) is 6.06. The molecule has 0 bridgehead atoms. The van der Waals surface area contributed by atoms with Gasteiger partial charge >= 0.3 is 111 Å². The van der Waals surface area contributed by atoms with Crippen LogP contribution >= 0.6 is 0 Å². The quantitative estimate of drug-likeness (QED) is 0.457. The van der Waals surface area contributed by atoms with E-state index < -0.39 is 13.3 Å². The zero-order valence-electron chi connectivity index (χ0n) is 11.2. The van der Waals surface area contributed by atoms with E-state index in [1.165, 1.54) is 21.5 Å². The third kappa shape index (κ3) is 1.85. The van der Waals surface area contributed by atoms with Crippen molar-refractivity contribution in [3.63, 3.8) is 0 Å². The second-order valence-corrected chi connectivity index (χ2v) is 16.5. The molecule has 0 fully saturated rings. The topological polar surface area (TPSA) is 0 Å². The van der Waals surface area contributed by atoms with Crippen LogP contribution in [0.5, 0.6) is 0 Å². The first-order chi connectivity index (χ1) is 8.57. The summed E-state index contributed by atoms with van der Waals surface area (Å²) in [6, 6.07) is 20.0. The van der Waals surface area contributed by atoms with E-state index in [-0.39, 0.29) is 0 Å². The van der Waals surface area contributed by atoms with Gasteiger partial charge in [0.25, 0.3) is 0 Å². The maximum atomic E-state index is 2.47. The van der Waals surface area contributed by atoms with Gasteiger partial charge in [0, 0.05) is 0 Å². The number of benzene rings is 3. The van der Waals surface area contributed by atoms with Crippen LogP contribution in [0.2, 0.25) is 17.3 Å². The predicted octanol–water partition coefficient (Wildman–Crippen LogP) is 4.54. The van der Waals surface area contributed by atoms with Crippen LogP contribution in [-0.2, 0) is 0 Å². The van der Waals surface area contributed by atoms with Gasteiger partial charge in [-0.25, -0.2) is 0 Å². The van der Waals surface area contributed by atoms with Gasteiger partial charge < -0.3 is 0 Å². The number of hydrogen-bond donors (Lipinski definition) is 0. The van der Waals surface area contributed by atoms with Gasteiger partial charge in [0.2, 0.25) is 0 Å². The monoisotopic (exact) mass is 296 g/mol. The Labute approximate surface area is 111 Å². The molecule has 0 radical (unpaired) electrons. The second-order valence-electron chi connectivity index (χ2n) is 5.94. The maximum absolute atomic E-state index is 2.47. The van der Waals surface area contributed by atoms with Crippen molar-refractivity contribution in [3.8, 4) is 0 Å². The van der Waals surface area contributed by atoms with E-state index in [4.69, 9.17) is 0 Å². The van der Waals surface area contributed by atoms with Gasteiger partial charge in [-0.15, -0.1) is 0 Å². The minimum atomic E-state index is -1.83. The van der Waals surface area contributed by atoms with Crippen LogP contribution in [0, 0.1) is 0 Å². The van der Waals surface area contributed by atoms with Crippen molar-refractivity contribution in [2.45, 2.75) is 17.3 Å². The molecule has 3 aromatic rings. The van der Waals surface area contributed by atoms with Crippen molar-refractivity contribution in [2.75, 3.05) is 0 Å². The van der Waals surface area contributed by atoms with Gasteiger partial charge in [-0.05, 0) is 0 Å². The van der Waals surface area contributed by atoms with Gasteiger partial charge in [-0.1, -0.05) is 0 Å². The minimum absolute atomic E-state index is 1.38. The third-order valence-corrected chi connectivity index (χ3v) is 7.83. The Morgan fingerprint density at radius 2 is 1.22 bits per heavy atom. The van der Waals surface area contributed by atoms with Crippen LogP contribution in [0.15, 0.2) is 54.6 Å². The first-order valence-electron chi connectivity index (χ1n) is 6.48. The summed E-state index contributed by atoms with van der Waals surface area (Å²) in [7, 11) is 0. The molecule has 0 spiro atoms. The first kappa shape index (κ1) is 11.8. The molecule has 0 saturated heterocycles. The summed E-state index contributed by atoms with van der Waals surface area (Å²) in [4.78, 5) is 0. The summed E-state index contributed by atoms with van der Waals surface area (Å²) in [6.07, 6.45) is 0.